The lowest BCUT2D eigenvalue weighted by Gasteiger charge is -2.16. The topological polar surface area (TPSA) is 58.6 Å². The van der Waals surface area contributed by atoms with Crippen LogP contribution in [0.25, 0.3) is 0 Å². The van der Waals surface area contributed by atoms with Gasteiger partial charge in [0.15, 0.2) is 0 Å². The molecule has 1 atom stereocenters. The zero-order valence-corrected chi connectivity index (χ0v) is 12.4. The summed E-state index contributed by atoms with van der Waals surface area (Å²) in [4.78, 5) is 25.7. The van der Waals surface area contributed by atoms with E-state index in [1.165, 1.54) is 5.56 Å². The number of amides is 2. The third kappa shape index (κ3) is 4.56. The van der Waals surface area contributed by atoms with Crippen LogP contribution in [0.1, 0.15) is 12.0 Å². The van der Waals surface area contributed by atoms with E-state index in [1.54, 1.807) is 12.0 Å². The van der Waals surface area contributed by atoms with Crippen molar-refractivity contribution in [3.05, 3.63) is 35.9 Å². The molecule has 1 saturated heterocycles. The molecule has 5 nitrogen and oxygen atoms in total. The van der Waals surface area contributed by atoms with Crippen molar-refractivity contribution in [2.45, 2.75) is 12.8 Å². The highest BCUT2D eigenvalue weighted by Crippen LogP contribution is 2.18. The van der Waals surface area contributed by atoms with Gasteiger partial charge in [-0.2, -0.15) is 0 Å². The summed E-state index contributed by atoms with van der Waals surface area (Å²) < 4.78 is 4.89. The minimum Gasteiger partial charge on any atom is -0.383 e. The first-order chi connectivity index (χ1) is 10.2. The lowest BCUT2D eigenvalue weighted by atomic mass is 10.1. The summed E-state index contributed by atoms with van der Waals surface area (Å²) in [5, 5.41) is 2.80. The molecule has 114 valence electrons. The number of methoxy groups -OCH3 is 1. The number of nitrogens with one attached hydrogen (secondary N) is 1. The lowest BCUT2D eigenvalue weighted by molar-refractivity contribution is -0.129. The van der Waals surface area contributed by atoms with Gasteiger partial charge in [-0.25, -0.2) is 0 Å². The molecule has 1 fully saturated rings. The average Bonchev–Trinajstić information content (AvgIpc) is 2.88. The first-order valence-electron chi connectivity index (χ1n) is 7.29. The van der Waals surface area contributed by atoms with Gasteiger partial charge in [0.2, 0.25) is 11.8 Å². The second-order valence-corrected chi connectivity index (χ2v) is 5.26. The van der Waals surface area contributed by atoms with Gasteiger partial charge in [-0.05, 0) is 12.0 Å². The number of rotatable bonds is 7. The smallest absolute Gasteiger partial charge is 0.225 e. The molecular weight excluding hydrogens is 268 g/mol. The van der Waals surface area contributed by atoms with Gasteiger partial charge in [0, 0.05) is 33.2 Å². The maximum Gasteiger partial charge on any atom is 0.225 e. The standard InChI is InChI=1S/C16H22N2O3/c1-21-10-8-17-16(20)14-11-15(19)18(12-14)9-7-13-5-3-2-4-6-13/h2-6,14H,7-12H2,1H3,(H,17,20)/t14-/m1/s1. The number of nitrogens with zero attached hydrogens (tertiary/aromatic N) is 1. The van der Waals surface area contributed by atoms with Gasteiger partial charge < -0.3 is 15.0 Å². The van der Waals surface area contributed by atoms with Crippen molar-refractivity contribution in [2.75, 3.05) is 33.4 Å². The Hall–Kier alpha value is -1.88. The summed E-state index contributed by atoms with van der Waals surface area (Å²) in [7, 11) is 1.59. The first-order valence-corrected chi connectivity index (χ1v) is 7.29. The van der Waals surface area contributed by atoms with E-state index in [4.69, 9.17) is 4.74 Å². The molecule has 0 aliphatic carbocycles. The maximum atomic E-state index is 12.0. The van der Waals surface area contributed by atoms with Crippen LogP contribution in [0.3, 0.4) is 0 Å². The van der Waals surface area contributed by atoms with Crippen LogP contribution in [0.5, 0.6) is 0 Å². The van der Waals surface area contributed by atoms with E-state index in [9.17, 15) is 9.59 Å². The Bertz CT molecular complexity index is 476. The number of hydrogen-bond acceptors (Lipinski definition) is 3. The molecule has 2 amide bonds. The van der Waals surface area contributed by atoms with Crippen LogP contribution in [-0.2, 0) is 20.7 Å². The summed E-state index contributed by atoms with van der Waals surface area (Å²) in [5.41, 5.74) is 1.21. The van der Waals surface area contributed by atoms with E-state index < -0.39 is 0 Å². The van der Waals surface area contributed by atoms with E-state index in [0.717, 1.165) is 6.42 Å². The van der Waals surface area contributed by atoms with Crippen LogP contribution in [0.15, 0.2) is 30.3 Å². The Labute approximate surface area is 125 Å². The third-order valence-corrected chi connectivity index (χ3v) is 3.70. The minimum atomic E-state index is -0.231. The highest BCUT2D eigenvalue weighted by Gasteiger charge is 2.33. The zero-order chi connectivity index (χ0) is 15.1. The molecule has 1 heterocycles. The van der Waals surface area contributed by atoms with Gasteiger partial charge in [-0.3, -0.25) is 9.59 Å². The molecule has 0 saturated carbocycles. The van der Waals surface area contributed by atoms with Crippen LogP contribution in [0.4, 0.5) is 0 Å². The van der Waals surface area contributed by atoms with Crippen LogP contribution < -0.4 is 5.32 Å². The fourth-order valence-electron chi connectivity index (χ4n) is 2.49. The van der Waals surface area contributed by atoms with Crippen LogP contribution >= 0.6 is 0 Å². The Morgan fingerprint density at radius 2 is 2.14 bits per heavy atom. The Balaban J connectivity index is 1.78. The fraction of sp³-hybridized carbons (Fsp3) is 0.500. The van der Waals surface area contributed by atoms with Crippen LogP contribution in [0.2, 0.25) is 0 Å². The molecule has 0 bridgehead atoms. The molecular formula is C16H22N2O3. The summed E-state index contributed by atoms with van der Waals surface area (Å²) in [6, 6.07) is 10.1. The van der Waals surface area contributed by atoms with Gasteiger partial charge in [0.05, 0.1) is 12.5 Å². The van der Waals surface area contributed by atoms with Gasteiger partial charge in [0.1, 0.15) is 0 Å². The van der Waals surface area contributed by atoms with E-state index in [1.807, 2.05) is 18.2 Å². The molecule has 0 unspecified atom stereocenters. The number of benzene rings is 1. The average molecular weight is 290 g/mol. The van der Waals surface area contributed by atoms with E-state index in [2.05, 4.69) is 17.4 Å². The lowest BCUT2D eigenvalue weighted by Crippen LogP contribution is -2.35. The zero-order valence-electron chi connectivity index (χ0n) is 12.4. The van der Waals surface area contributed by atoms with E-state index in [0.29, 0.717) is 32.7 Å². The van der Waals surface area contributed by atoms with Crippen molar-refractivity contribution in [2.24, 2.45) is 5.92 Å². The SMILES string of the molecule is COCCNC(=O)[C@@H]1CC(=O)N(CCc2ccccc2)C1. The summed E-state index contributed by atoms with van der Waals surface area (Å²) in [6.45, 7) is 2.17. The van der Waals surface area contributed by atoms with Crippen LogP contribution in [-0.4, -0.2) is 50.1 Å². The monoisotopic (exact) mass is 290 g/mol. The predicted molar refractivity (Wildman–Crippen MR) is 79.7 cm³/mol. The molecule has 1 aromatic rings. The second kappa shape index (κ2) is 7.78. The quantitative estimate of drug-likeness (QED) is 0.757. The molecule has 1 aliphatic heterocycles. The van der Waals surface area contributed by atoms with Crippen molar-refractivity contribution in [3.8, 4) is 0 Å². The van der Waals surface area contributed by atoms with Crippen molar-refractivity contribution < 1.29 is 14.3 Å². The Kier molecular flexibility index (Phi) is 5.75. The highest BCUT2D eigenvalue weighted by atomic mass is 16.5. The minimum absolute atomic E-state index is 0.0531. The summed E-state index contributed by atoms with van der Waals surface area (Å²) in [5.74, 6) is -0.217. The second-order valence-electron chi connectivity index (χ2n) is 5.26. The van der Waals surface area contributed by atoms with Crippen molar-refractivity contribution in [1.82, 2.24) is 10.2 Å². The Morgan fingerprint density at radius 3 is 2.86 bits per heavy atom. The molecule has 0 spiro atoms. The molecule has 0 radical (unpaired) electrons. The molecule has 0 aromatic heterocycles. The predicted octanol–water partition coefficient (Wildman–Crippen LogP) is 0.840. The molecule has 1 aromatic carbocycles. The van der Waals surface area contributed by atoms with Gasteiger partial charge in [-0.15, -0.1) is 0 Å². The van der Waals surface area contributed by atoms with E-state index in [-0.39, 0.29) is 17.7 Å². The third-order valence-electron chi connectivity index (χ3n) is 3.70. The van der Waals surface area contributed by atoms with Gasteiger partial charge in [-0.1, -0.05) is 30.3 Å². The van der Waals surface area contributed by atoms with Crippen molar-refractivity contribution in [1.29, 1.82) is 0 Å². The first kappa shape index (κ1) is 15.5. The molecule has 1 aliphatic rings. The number of carbonyl (C=O) groups excluding carboxylic acids is 2. The number of carbonyl (C=O) groups is 2. The Morgan fingerprint density at radius 1 is 1.38 bits per heavy atom. The fourth-order valence-corrected chi connectivity index (χ4v) is 2.49. The van der Waals surface area contributed by atoms with Gasteiger partial charge in [0.25, 0.3) is 0 Å². The number of ether oxygens (including phenoxy) is 1. The number of likely N-dealkylation sites (tertiary alicyclic amines) is 1. The maximum absolute atomic E-state index is 12.0. The molecule has 5 heteroatoms. The number of hydrogen-bond donors (Lipinski definition) is 1. The van der Waals surface area contributed by atoms with Gasteiger partial charge >= 0.3 is 0 Å². The van der Waals surface area contributed by atoms with Crippen molar-refractivity contribution >= 4 is 11.8 Å². The largest absolute Gasteiger partial charge is 0.383 e. The molecule has 1 N–H and O–H groups in total. The summed E-state index contributed by atoms with van der Waals surface area (Å²) in [6.07, 6.45) is 1.14. The van der Waals surface area contributed by atoms with E-state index >= 15 is 0 Å². The van der Waals surface area contributed by atoms with Crippen molar-refractivity contribution in [3.63, 3.8) is 0 Å². The molecule has 2 rings (SSSR count). The van der Waals surface area contributed by atoms with Crippen LogP contribution in [0, 0.1) is 5.92 Å². The highest BCUT2D eigenvalue weighted by molar-refractivity contribution is 5.89. The normalized spacial score (nSPS) is 18.0. The molecule has 21 heavy (non-hydrogen) atoms. The summed E-state index contributed by atoms with van der Waals surface area (Å²) >= 11 is 0.